The maximum Gasteiger partial charge on any atom is 0.338 e. The van der Waals surface area contributed by atoms with E-state index in [1.807, 2.05) is 0 Å². The minimum atomic E-state index is -1.28. The largest absolute Gasteiger partial charge is 0.459 e. The van der Waals surface area contributed by atoms with Gasteiger partial charge in [0.1, 0.15) is 30.7 Å². The standard InChI is InChI=1S/C25H22N4O6/c1-15-19-22(27-13-26-15)29(14-28-19)23-20(30)21(35-25(32)17-10-6-3-7-11-17)18(34-23)12-33-24(31)16-8-4-2-5-9-16/h2-11,13-14,18,20-21,23,30H,12H2,1H3/t18-,20?,21?,23?/m0/s1. The molecule has 0 spiro atoms. The SMILES string of the molecule is Cc1ncnc2c1ncn2C1O[C@@H](COC(=O)c2ccccc2)C(OC(=O)c2ccccc2)C1O. The number of rotatable bonds is 6. The van der Waals surface area contributed by atoms with Crippen molar-refractivity contribution in [2.45, 2.75) is 31.5 Å². The van der Waals surface area contributed by atoms with Crippen molar-refractivity contribution in [3.05, 3.63) is 90.1 Å². The minimum Gasteiger partial charge on any atom is -0.459 e. The molecule has 4 aromatic rings. The molecule has 1 fully saturated rings. The zero-order valence-electron chi connectivity index (χ0n) is 18.7. The molecule has 2 aromatic carbocycles. The van der Waals surface area contributed by atoms with Gasteiger partial charge in [0.25, 0.3) is 0 Å². The third kappa shape index (κ3) is 4.48. The number of nitrogens with zero attached hydrogens (tertiary/aromatic N) is 4. The van der Waals surface area contributed by atoms with Gasteiger partial charge in [0.15, 0.2) is 18.0 Å². The van der Waals surface area contributed by atoms with E-state index < -0.39 is 36.5 Å². The summed E-state index contributed by atoms with van der Waals surface area (Å²) in [6.07, 6.45) is -1.44. The number of aliphatic hydroxyl groups is 1. The smallest absolute Gasteiger partial charge is 0.338 e. The number of imidazole rings is 1. The Hall–Kier alpha value is -4.15. The number of hydrogen-bond acceptors (Lipinski definition) is 9. The Morgan fingerprint density at radius 2 is 1.63 bits per heavy atom. The topological polar surface area (TPSA) is 126 Å². The Morgan fingerprint density at radius 3 is 2.31 bits per heavy atom. The van der Waals surface area contributed by atoms with Crippen LogP contribution in [0.3, 0.4) is 0 Å². The molecule has 3 heterocycles. The van der Waals surface area contributed by atoms with Crippen molar-refractivity contribution in [1.29, 1.82) is 0 Å². The quantitative estimate of drug-likeness (QED) is 0.419. The Morgan fingerprint density at radius 1 is 0.971 bits per heavy atom. The van der Waals surface area contributed by atoms with E-state index >= 15 is 0 Å². The lowest BCUT2D eigenvalue weighted by atomic mass is 10.1. The molecule has 1 N–H and O–H groups in total. The van der Waals surface area contributed by atoms with Crippen LogP contribution in [0.2, 0.25) is 0 Å². The summed E-state index contributed by atoms with van der Waals surface area (Å²) < 4.78 is 18.7. The molecule has 1 saturated heterocycles. The van der Waals surface area contributed by atoms with Crippen LogP contribution in [0.1, 0.15) is 32.6 Å². The molecule has 0 saturated carbocycles. The first kappa shape index (κ1) is 22.6. The maximum atomic E-state index is 12.8. The summed E-state index contributed by atoms with van der Waals surface area (Å²) in [6.45, 7) is 1.55. The third-order valence-electron chi connectivity index (χ3n) is 5.77. The van der Waals surface area contributed by atoms with Crippen LogP contribution in [0.5, 0.6) is 0 Å². The Bertz CT molecular complexity index is 1340. The van der Waals surface area contributed by atoms with E-state index in [4.69, 9.17) is 14.2 Å². The van der Waals surface area contributed by atoms with E-state index in [-0.39, 0.29) is 6.61 Å². The van der Waals surface area contributed by atoms with Crippen LogP contribution < -0.4 is 0 Å². The Kier molecular flexibility index (Phi) is 6.21. The number of carbonyl (C=O) groups is 2. The van der Waals surface area contributed by atoms with E-state index in [0.717, 1.165) is 0 Å². The number of aliphatic hydroxyl groups excluding tert-OH is 1. The average molecular weight is 474 g/mol. The molecule has 35 heavy (non-hydrogen) atoms. The summed E-state index contributed by atoms with van der Waals surface area (Å²) in [6, 6.07) is 16.9. The second-order valence-corrected chi connectivity index (χ2v) is 8.04. The predicted octanol–water partition coefficient (Wildman–Crippen LogP) is 2.48. The van der Waals surface area contributed by atoms with Crippen LogP contribution in [-0.2, 0) is 14.2 Å². The predicted molar refractivity (Wildman–Crippen MR) is 122 cm³/mol. The van der Waals surface area contributed by atoms with Crippen molar-refractivity contribution < 1.29 is 28.9 Å². The van der Waals surface area contributed by atoms with E-state index in [9.17, 15) is 14.7 Å². The number of hydrogen-bond donors (Lipinski definition) is 1. The minimum absolute atomic E-state index is 0.241. The zero-order valence-corrected chi connectivity index (χ0v) is 18.7. The van der Waals surface area contributed by atoms with Crippen LogP contribution in [0.4, 0.5) is 0 Å². The van der Waals surface area contributed by atoms with Crippen LogP contribution >= 0.6 is 0 Å². The zero-order chi connectivity index (χ0) is 24.4. The number of fused-ring (bicyclic) bond motifs is 1. The van der Waals surface area contributed by atoms with Crippen molar-refractivity contribution in [3.63, 3.8) is 0 Å². The third-order valence-corrected chi connectivity index (χ3v) is 5.77. The molecule has 10 heteroatoms. The summed E-state index contributed by atoms with van der Waals surface area (Å²) in [5.41, 5.74) is 2.37. The lowest BCUT2D eigenvalue weighted by molar-refractivity contribution is -0.0585. The van der Waals surface area contributed by atoms with Gasteiger partial charge in [0.05, 0.1) is 23.1 Å². The molecule has 2 aromatic heterocycles. The van der Waals surface area contributed by atoms with Gasteiger partial charge < -0.3 is 19.3 Å². The van der Waals surface area contributed by atoms with Gasteiger partial charge in [-0.05, 0) is 31.2 Å². The molecule has 0 aliphatic carbocycles. The fourth-order valence-corrected chi connectivity index (χ4v) is 3.97. The maximum absolute atomic E-state index is 12.8. The number of aromatic nitrogens is 4. The van der Waals surface area contributed by atoms with E-state index in [1.165, 1.54) is 12.7 Å². The van der Waals surface area contributed by atoms with Gasteiger partial charge in [-0.3, -0.25) is 4.57 Å². The normalized spacial score (nSPS) is 21.7. The van der Waals surface area contributed by atoms with Crippen molar-refractivity contribution >= 4 is 23.1 Å². The van der Waals surface area contributed by atoms with E-state index in [0.29, 0.717) is 28.0 Å². The molecule has 3 unspecified atom stereocenters. The molecule has 10 nitrogen and oxygen atoms in total. The molecule has 5 rings (SSSR count). The summed E-state index contributed by atoms with van der Waals surface area (Å²) >= 11 is 0. The Balaban J connectivity index is 1.40. The van der Waals surface area contributed by atoms with Crippen LogP contribution in [0.25, 0.3) is 11.2 Å². The van der Waals surface area contributed by atoms with Crippen LogP contribution in [0, 0.1) is 6.92 Å². The van der Waals surface area contributed by atoms with Crippen molar-refractivity contribution in [3.8, 4) is 0 Å². The molecular formula is C25H22N4O6. The Labute approximate surface area is 200 Å². The highest BCUT2D eigenvalue weighted by molar-refractivity contribution is 5.90. The molecule has 4 atom stereocenters. The number of carbonyl (C=O) groups excluding carboxylic acids is 2. The van der Waals surface area contributed by atoms with Gasteiger partial charge in [-0.1, -0.05) is 36.4 Å². The van der Waals surface area contributed by atoms with Crippen LogP contribution in [0.15, 0.2) is 73.3 Å². The second-order valence-electron chi connectivity index (χ2n) is 8.04. The fourth-order valence-electron chi connectivity index (χ4n) is 3.97. The van der Waals surface area contributed by atoms with Gasteiger partial charge >= 0.3 is 11.9 Å². The highest BCUT2D eigenvalue weighted by Crippen LogP contribution is 2.34. The average Bonchev–Trinajstić information content (AvgIpc) is 3.45. The number of esters is 2. The number of benzene rings is 2. The fraction of sp³-hybridized carbons (Fsp3) is 0.240. The van der Waals surface area contributed by atoms with Gasteiger partial charge in [0, 0.05) is 0 Å². The molecule has 0 bridgehead atoms. The lowest BCUT2D eigenvalue weighted by Gasteiger charge is -2.20. The van der Waals surface area contributed by atoms with Gasteiger partial charge in [-0.15, -0.1) is 0 Å². The van der Waals surface area contributed by atoms with Crippen LogP contribution in [-0.4, -0.2) is 61.5 Å². The van der Waals surface area contributed by atoms with Gasteiger partial charge in [-0.25, -0.2) is 24.5 Å². The summed E-state index contributed by atoms with van der Waals surface area (Å²) in [7, 11) is 0. The molecular weight excluding hydrogens is 452 g/mol. The van der Waals surface area contributed by atoms with Crippen molar-refractivity contribution in [2.75, 3.05) is 6.61 Å². The van der Waals surface area contributed by atoms with E-state index in [1.54, 1.807) is 72.2 Å². The first-order chi connectivity index (χ1) is 17.0. The number of ether oxygens (including phenoxy) is 3. The van der Waals surface area contributed by atoms with Crippen molar-refractivity contribution in [1.82, 2.24) is 19.5 Å². The van der Waals surface area contributed by atoms with Gasteiger partial charge in [-0.2, -0.15) is 0 Å². The monoisotopic (exact) mass is 474 g/mol. The number of aryl methyl sites for hydroxylation is 1. The first-order valence-electron chi connectivity index (χ1n) is 11.0. The first-order valence-corrected chi connectivity index (χ1v) is 11.0. The van der Waals surface area contributed by atoms with E-state index in [2.05, 4.69) is 15.0 Å². The van der Waals surface area contributed by atoms with Gasteiger partial charge in [0.2, 0.25) is 0 Å². The highest BCUT2D eigenvalue weighted by Gasteiger charge is 2.48. The summed E-state index contributed by atoms with van der Waals surface area (Å²) in [5, 5.41) is 11.2. The molecule has 178 valence electrons. The highest BCUT2D eigenvalue weighted by atomic mass is 16.6. The molecule has 0 amide bonds. The lowest BCUT2D eigenvalue weighted by Crippen LogP contribution is -2.38. The summed E-state index contributed by atoms with van der Waals surface area (Å²) in [4.78, 5) is 38.0. The molecule has 1 aliphatic heterocycles. The summed E-state index contributed by atoms with van der Waals surface area (Å²) in [5.74, 6) is -1.19. The molecule has 1 aliphatic rings. The van der Waals surface area contributed by atoms with Crippen molar-refractivity contribution in [2.24, 2.45) is 0 Å². The second kappa shape index (κ2) is 9.61. The molecule has 0 radical (unpaired) electrons.